The van der Waals surface area contributed by atoms with E-state index in [1.165, 1.54) is 12.8 Å². The van der Waals surface area contributed by atoms with E-state index in [-0.39, 0.29) is 5.56 Å². The highest BCUT2D eigenvalue weighted by Crippen LogP contribution is 2.24. The van der Waals surface area contributed by atoms with Gasteiger partial charge in [0, 0.05) is 12.6 Å². The molecule has 1 saturated heterocycles. The second-order valence-corrected chi connectivity index (χ2v) is 5.05. The smallest absolute Gasteiger partial charge is 0.337 e. The highest BCUT2D eigenvalue weighted by Gasteiger charge is 2.19. The fraction of sp³-hybridized carbons (Fsp3) is 0.500. The molecule has 0 spiro atoms. The molecule has 1 fully saturated rings. The Hall–Kier alpha value is -1.75. The number of hydrogen-bond donors (Lipinski definition) is 3. The van der Waals surface area contributed by atoms with E-state index in [0.29, 0.717) is 24.0 Å². The van der Waals surface area contributed by atoms with Crippen molar-refractivity contribution in [2.75, 3.05) is 30.7 Å². The van der Waals surface area contributed by atoms with Crippen LogP contribution < -0.4 is 11.1 Å². The van der Waals surface area contributed by atoms with E-state index in [0.717, 1.165) is 13.1 Å². The number of hydrogen-bond acceptors (Lipinski definition) is 4. The van der Waals surface area contributed by atoms with E-state index in [9.17, 15) is 4.79 Å². The molecule has 0 aliphatic carbocycles. The number of benzene rings is 1. The minimum Gasteiger partial charge on any atom is -0.478 e. The van der Waals surface area contributed by atoms with E-state index in [1.54, 1.807) is 18.2 Å². The van der Waals surface area contributed by atoms with Crippen molar-refractivity contribution in [3.8, 4) is 0 Å². The van der Waals surface area contributed by atoms with E-state index in [4.69, 9.17) is 10.8 Å². The second kappa shape index (κ2) is 5.93. The van der Waals surface area contributed by atoms with Crippen molar-refractivity contribution < 1.29 is 9.90 Å². The minimum atomic E-state index is -0.955. The van der Waals surface area contributed by atoms with Gasteiger partial charge in [-0.15, -0.1) is 0 Å². The predicted octanol–water partition coefficient (Wildman–Crippen LogP) is 1.86. The molecule has 0 amide bonds. The number of carboxylic acids is 1. The summed E-state index contributed by atoms with van der Waals surface area (Å²) in [6, 6.07) is 5.33. The number of nitrogen functional groups attached to an aromatic ring is 1. The maximum absolute atomic E-state index is 11.2. The molecular weight excluding hydrogens is 242 g/mol. The van der Waals surface area contributed by atoms with Gasteiger partial charge in [-0.05, 0) is 45.0 Å². The van der Waals surface area contributed by atoms with Gasteiger partial charge in [0.25, 0.3) is 0 Å². The molecule has 1 aromatic rings. The SMILES string of the molecule is CC(CNc1c(N)cccc1C(=O)O)N1CCCC1. The molecule has 0 saturated carbocycles. The van der Waals surface area contributed by atoms with Crippen LogP contribution in [-0.4, -0.2) is 41.7 Å². The molecule has 19 heavy (non-hydrogen) atoms. The van der Waals surface area contributed by atoms with E-state index < -0.39 is 5.97 Å². The lowest BCUT2D eigenvalue weighted by molar-refractivity contribution is 0.0698. The Morgan fingerprint density at radius 2 is 2.16 bits per heavy atom. The fourth-order valence-electron chi connectivity index (χ4n) is 2.51. The monoisotopic (exact) mass is 263 g/mol. The number of nitrogens with zero attached hydrogens (tertiary/aromatic N) is 1. The van der Waals surface area contributed by atoms with Gasteiger partial charge in [0.15, 0.2) is 0 Å². The van der Waals surface area contributed by atoms with Crippen LogP contribution in [-0.2, 0) is 0 Å². The van der Waals surface area contributed by atoms with Gasteiger partial charge in [-0.2, -0.15) is 0 Å². The average Bonchev–Trinajstić information content (AvgIpc) is 2.90. The van der Waals surface area contributed by atoms with Gasteiger partial charge < -0.3 is 16.2 Å². The number of anilines is 2. The standard InChI is InChI=1S/C14H21N3O2/c1-10(17-7-2-3-8-17)9-16-13-11(14(18)19)5-4-6-12(13)15/h4-6,10,16H,2-3,7-9,15H2,1H3,(H,18,19). The summed E-state index contributed by atoms with van der Waals surface area (Å²) in [5, 5.41) is 12.4. The Bertz CT molecular complexity index is 456. The molecule has 1 aromatic carbocycles. The number of rotatable bonds is 5. The van der Waals surface area contributed by atoms with Crippen LogP contribution in [0.2, 0.25) is 0 Å². The van der Waals surface area contributed by atoms with Gasteiger partial charge in [0.2, 0.25) is 0 Å². The molecule has 0 radical (unpaired) electrons. The Morgan fingerprint density at radius 3 is 2.79 bits per heavy atom. The third-order valence-corrected chi connectivity index (χ3v) is 3.67. The summed E-state index contributed by atoms with van der Waals surface area (Å²) in [6.07, 6.45) is 2.50. The van der Waals surface area contributed by atoms with Crippen molar-refractivity contribution >= 4 is 17.3 Å². The van der Waals surface area contributed by atoms with E-state index in [1.807, 2.05) is 0 Å². The molecule has 2 rings (SSSR count). The molecule has 0 aromatic heterocycles. The molecule has 104 valence electrons. The molecule has 1 unspecified atom stereocenters. The average molecular weight is 263 g/mol. The summed E-state index contributed by atoms with van der Waals surface area (Å²) in [6.45, 7) is 5.10. The Labute approximate surface area is 113 Å². The normalized spacial score (nSPS) is 17.3. The first-order valence-electron chi connectivity index (χ1n) is 6.69. The first-order chi connectivity index (χ1) is 9.09. The maximum atomic E-state index is 11.2. The van der Waals surface area contributed by atoms with Crippen LogP contribution in [0.4, 0.5) is 11.4 Å². The van der Waals surface area contributed by atoms with Crippen LogP contribution in [0.5, 0.6) is 0 Å². The zero-order valence-electron chi connectivity index (χ0n) is 11.2. The summed E-state index contributed by atoms with van der Waals surface area (Å²) in [4.78, 5) is 13.6. The van der Waals surface area contributed by atoms with Gasteiger partial charge >= 0.3 is 5.97 Å². The van der Waals surface area contributed by atoms with Gasteiger partial charge in [0.1, 0.15) is 0 Å². The van der Waals surface area contributed by atoms with Crippen LogP contribution in [0.25, 0.3) is 0 Å². The van der Waals surface area contributed by atoms with Crippen LogP contribution in [0.3, 0.4) is 0 Å². The van der Waals surface area contributed by atoms with Crippen LogP contribution >= 0.6 is 0 Å². The van der Waals surface area contributed by atoms with Crippen molar-refractivity contribution in [1.29, 1.82) is 0 Å². The number of aromatic carboxylic acids is 1. The molecule has 0 bridgehead atoms. The van der Waals surface area contributed by atoms with E-state index >= 15 is 0 Å². The Kier molecular flexibility index (Phi) is 4.27. The molecular formula is C14H21N3O2. The van der Waals surface area contributed by atoms with Crippen molar-refractivity contribution in [2.24, 2.45) is 0 Å². The quantitative estimate of drug-likeness (QED) is 0.707. The van der Waals surface area contributed by atoms with Gasteiger partial charge in [-0.1, -0.05) is 6.07 Å². The summed E-state index contributed by atoms with van der Waals surface area (Å²) < 4.78 is 0. The van der Waals surface area contributed by atoms with Crippen LogP contribution in [0.1, 0.15) is 30.1 Å². The highest BCUT2D eigenvalue weighted by atomic mass is 16.4. The van der Waals surface area contributed by atoms with Gasteiger partial charge in [0.05, 0.1) is 16.9 Å². The third kappa shape index (κ3) is 3.17. The van der Waals surface area contributed by atoms with Crippen LogP contribution in [0.15, 0.2) is 18.2 Å². The van der Waals surface area contributed by atoms with Crippen LogP contribution in [0, 0.1) is 0 Å². The largest absolute Gasteiger partial charge is 0.478 e. The maximum Gasteiger partial charge on any atom is 0.337 e. The number of nitrogens with two attached hydrogens (primary N) is 1. The second-order valence-electron chi connectivity index (χ2n) is 5.05. The summed E-state index contributed by atoms with van der Waals surface area (Å²) in [5.74, 6) is -0.955. The van der Waals surface area contributed by atoms with E-state index in [2.05, 4.69) is 17.1 Å². The van der Waals surface area contributed by atoms with Gasteiger partial charge in [-0.25, -0.2) is 4.79 Å². The molecule has 1 heterocycles. The molecule has 1 aliphatic heterocycles. The number of carbonyl (C=O) groups is 1. The molecule has 4 N–H and O–H groups in total. The molecule has 1 atom stereocenters. The number of nitrogens with one attached hydrogen (secondary N) is 1. The van der Waals surface area contributed by atoms with Crippen molar-refractivity contribution in [2.45, 2.75) is 25.8 Å². The first kappa shape index (κ1) is 13.7. The highest BCUT2D eigenvalue weighted by molar-refractivity contribution is 5.97. The Morgan fingerprint density at radius 1 is 1.47 bits per heavy atom. The first-order valence-corrected chi connectivity index (χ1v) is 6.69. The van der Waals surface area contributed by atoms with Crippen molar-refractivity contribution in [3.63, 3.8) is 0 Å². The topological polar surface area (TPSA) is 78.6 Å². The zero-order valence-corrected chi connectivity index (χ0v) is 11.2. The minimum absolute atomic E-state index is 0.230. The molecule has 5 nitrogen and oxygen atoms in total. The number of carboxylic acid groups (broad SMARTS) is 1. The Balaban J connectivity index is 2.04. The lowest BCUT2D eigenvalue weighted by Crippen LogP contribution is -2.35. The summed E-state index contributed by atoms with van der Waals surface area (Å²) in [5.41, 5.74) is 7.10. The fourth-order valence-corrected chi connectivity index (χ4v) is 2.51. The molecule has 1 aliphatic rings. The number of para-hydroxylation sites is 1. The third-order valence-electron chi connectivity index (χ3n) is 3.67. The predicted molar refractivity (Wildman–Crippen MR) is 76.6 cm³/mol. The van der Waals surface area contributed by atoms with Crippen molar-refractivity contribution in [1.82, 2.24) is 4.90 Å². The van der Waals surface area contributed by atoms with Crippen molar-refractivity contribution in [3.05, 3.63) is 23.8 Å². The summed E-state index contributed by atoms with van der Waals surface area (Å²) in [7, 11) is 0. The zero-order chi connectivity index (χ0) is 13.8. The van der Waals surface area contributed by atoms with Gasteiger partial charge in [-0.3, -0.25) is 4.90 Å². The lowest BCUT2D eigenvalue weighted by Gasteiger charge is -2.25. The lowest BCUT2D eigenvalue weighted by atomic mass is 10.1. The number of likely N-dealkylation sites (tertiary alicyclic amines) is 1. The summed E-state index contributed by atoms with van der Waals surface area (Å²) >= 11 is 0. The molecule has 5 heteroatoms.